The minimum Gasteiger partial charge on any atom is -0.527 e. The Bertz CT molecular complexity index is 1480. The summed E-state index contributed by atoms with van der Waals surface area (Å²) >= 11 is 12.3. The van der Waals surface area contributed by atoms with Crippen molar-refractivity contribution in [3.8, 4) is 17.8 Å². The molecule has 1 fully saturated rings. The van der Waals surface area contributed by atoms with E-state index >= 15 is 0 Å². The standard InChI is InChI=1S/C26H22BCl2FN6O4/c1-35-9-11-36(12-10-35)26(38)15-2-4-16(5-3-15)32-25(37)19-14-21(24(31)34-33-19)40-20(8-13-39-27)22-17(28)6-7-18(30)23(22)29/h2-7,14,20H,9-12H2,1H3,(H2,31,34)(H,32,37)/t20-/m0/s1. The number of anilines is 2. The van der Waals surface area contributed by atoms with Crippen LogP contribution in [0.1, 0.15) is 32.5 Å². The third-order valence-electron chi connectivity index (χ3n) is 6.03. The number of rotatable bonds is 6. The van der Waals surface area contributed by atoms with Crippen molar-refractivity contribution in [3.63, 3.8) is 0 Å². The zero-order valence-electron chi connectivity index (χ0n) is 21.2. The maximum atomic E-state index is 14.1. The molecule has 0 bridgehead atoms. The number of carbonyl (C=O) groups is 2. The first-order valence-corrected chi connectivity index (χ1v) is 12.6. The third-order valence-corrected chi connectivity index (χ3v) is 6.75. The van der Waals surface area contributed by atoms with E-state index in [1.54, 1.807) is 29.2 Å². The molecule has 4 rings (SSSR count). The van der Waals surface area contributed by atoms with Gasteiger partial charge in [0.2, 0.25) is 0 Å². The van der Waals surface area contributed by atoms with Crippen molar-refractivity contribution in [3.05, 3.63) is 75.1 Å². The number of halogens is 3. The summed E-state index contributed by atoms with van der Waals surface area (Å²) in [5.41, 5.74) is 6.67. The highest BCUT2D eigenvalue weighted by Gasteiger charge is 2.24. The van der Waals surface area contributed by atoms with E-state index < -0.39 is 17.8 Å². The SMILES string of the molecule is [B]OC#C[C@H](Oc1cc(C(=O)Nc2ccc(C(=O)N3CCN(C)CC3)cc2)nnc1N)c1c(Cl)ccc(F)c1Cl. The smallest absolute Gasteiger partial charge is 0.392 e. The Morgan fingerprint density at radius 1 is 1.12 bits per heavy atom. The number of benzene rings is 2. The number of nitrogen functional groups attached to an aromatic ring is 1. The van der Waals surface area contributed by atoms with Crippen LogP contribution >= 0.6 is 23.2 Å². The van der Waals surface area contributed by atoms with E-state index in [2.05, 4.69) is 37.1 Å². The van der Waals surface area contributed by atoms with E-state index in [9.17, 15) is 14.0 Å². The number of ether oxygens (including phenoxy) is 1. The maximum Gasteiger partial charge on any atom is 0.392 e. The quantitative estimate of drug-likeness (QED) is 0.258. The predicted molar refractivity (Wildman–Crippen MR) is 149 cm³/mol. The van der Waals surface area contributed by atoms with Crippen LogP contribution in [0.3, 0.4) is 0 Å². The van der Waals surface area contributed by atoms with Gasteiger partial charge in [-0.05, 0) is 49.4 Å². The van der Waals surface area contributed by atoms with Gasteiger partial charge in [-0.3, -0.25) is 9.59 Å². The fraction of sp³-hybridized carbons (Fsp3) is 0.231. The fourth-order valence-corrected chi connectivity index (χ4v) is 4.40. The number of nitrogens with two attached hydrogens (primary N) is 1. The molecule has 1 aliphatic heterocycles. The molecular formula is C26H22BCl2FN6O4. The monoisotopic (exact) mass is 582 g/mol. The lowest BCUT2D eigenvalue weighted by Gasteiger charge is -2.32. The molecular weight excluding hydrogens is 561 g/mol. The number of nitrogens with one attached hydrogen (secondary N) is 1. The van der Waals surface area contributed by atoms with Gasteiger partial charge in [0.15, 0.2) is 23.4 Å². The molecule has 2 amide bonds. The highest BCUT2D eigenvalue weighted by Crippen LogP contribution is 2.36. The molecule has 14 heteroatoms. The van der Waals surface area contributed by atoms with Gasteiger partial charge < -0.3 is 30.2 Å². The Labute approximate surface area is 241 Å². The van der Waals surface area contributed by atoms with Crippen molar-refractivity contribution in [2.24, 2.45) is 0 Å². The largest absolute Gasteiger partial charge is 0.527 e. The van der Waals surface area contributed by atoms with Crippen LogP contribution in [0, 0.1) is 17.8 Å². The summed E-state index contributed by atoms with van der Waals surface area (Å²) in [4.78, 5) is 29.6. The van der Waals surface area contributed by atoms with Crippen LogP contribution in [-0.4, -0.2) is 73.1 Å². The van der Waals surface area contributed by atoms with Crippen LogP contribution < -0.4 is 15.8 Å². The molecule has 3 aromatic rings. The molecule has 3 N–H and O–H groups in total. The highest BCUT2D eigenvalue weighted by atomic mass is 35.5. The zero-order chi connectivity index (χ0) is 28.8. The fourth-order valence-electron chi connectivity index (χ4n) is 3.83. The summed E-state index contributed by atoms with van der Waals surface area (Å²) in [7, 11) is 7.01. The van der Waals surface area contributed by atoms with Gasteiger partial charge in [0, 0.05) is 49.1 Å². The summed E-state index contributed by atoms with van der Waals surface area (Å²) in [5.74, 6) is 0.737. The number of piperazine rings is 1. The Balaban J connectivity index is 1.50. The summed E-state index contributed by atoms with van der Waals surface area (Å²) in [5, 5.41) is 9.98. The first kappa shape index (κ1) is 29.0. The lowest BCUT2D eigenvalue weighted by Crippen LogP contribution is -2.47. The van der Waals surface area contributed by atoms with E-state index in [0.717, 1.165) is 19.2 Å². The van der Waals surface area contributed by atoms with Crippen LogP contribution in [0.25, 0.3) is 0 Å². The first-order chi connectivity index (χ1) is 19.2. The van der Waals surface area contributed by atoms with Crippen LogP contribution in [0.2, 0.25) is 10.0 Å². The van der Waals surface area contributed by atoms with Gasteiger partial charge in [-0.15, -0.1) is 10.2 Å². The number of likely N-dealkylation sites (N-methyl/N-ethyl adjacent to an activating group) is 1. The summed E-state index contributed by atoms with van der Waals surface area (Å²) in [6.45, 7) is 2.92. The van der Waals surface area contributed by atoms with Gasteiger partial charge in [0.1, 0.15) is 5.82 Å². The second-order valence-electron chi connectivity index (χ2n) is 8.73. The molecule has 40 heavy (non-hydrogen) atoms. The third kappa shape index (κ3) is 6.74. The van der Waals surface area contributed by atoms with Crippen LogP contribution in [0.5, 0.6) is 5.75 Å². The van der Waals surface area contributed by atoms with Crippen molar-refractivity contribution in [1.29, 1.82) is 0 Å². The summed E-state index contributed by atoms with van der Waals surface area (Å²) in [6.07, 6.45) is 0.844. The normalized spacial score (nSPS) is 14.1. The van der Waals surface area contributed by atoms with Gasteiger partial charge in [-0.25, -0.2) is 4.39 Å². The van der Waals surface area contributed by atoms with Crippen LogP contribution in [-0.2, 0) is 4.65 Å². The average molecular weight is 583 g/mol. The molecule has 1 aromatic heterocycles. The van der Waals surface area contributed by atoms with Crippen molar-refractivity contribution >= 4 is 54.6 Å². The molecule has 1 saturated heterocycles. The van der Waals surface area contributed by atoms with Gasteiger partial charge >= 0.3 is 8.05 Å². The van der Waals surface area contributed by atoms with E-state index in [1.807, 2.05) is 7.05 Å². The summed E-state index contributed by atoms with van der Waals surface area (Å²) in [6, 6.07) is 10.1. The molecule has 0 spiro atoms. The van der Waals surface area contributed by atoms with E-state index in [4.69, 9.17) is 41.7 Å². The lowest BCUT2D eigenvalue weighted by atomic mass is 10.1. The first-order valence-electron chi connectivity index (χ1n) is 11.9. The predicted octanol–water partition coefficient (Wildman–Crippen LogP) is 3.33. The molecule has 2 heterocycles. The molecule has 2 aromatic carbocycles. The lowest BCUT2D eigenvalue weighted by molar-refractivity contribution is 0.0664. The highest BCUT2D eigenvalue weighted by molar-refractivity contribution is 6.36. The number of hydrogen-bond donors (Lipinski definition) is 2. The molecule has 1 aliphatic rings. The van der Waals surface area contributed by atoms with Crippen LogP contribution in [0.4, 0.5) is 15.9 Å². The van der Waals surface area contributed by atoms with Crippen molar-refractivity contribution in [1.82, 2.24) is 20.0 Å². The topological polar surface area (TPSA) is 123 Å². The maximum absolute atomic E-state index is 14.1. The van der Waals surface area contributed by atoms with E-state index in [1.165, 1.54) is 12.1 Å². The van der Waals surface area contributed by atoms with Crippen molar-refractivity contribution < 1.29 is 23.4 Å². The zero-order valence-corrected chi connectivity index (χ0v) is 22.7. The second kappa shape index (κ2) is 12.9. The van der Waals surface area contributed by atoms with E-state index in [-0.39, 0.29) is 38.8 Å². The van der Waals surface area contributed by atoms with Crippen LogP contribution in [0.15, 0.2) is 42.5 Å². The van der Waals surface area contributed by atoms with Gasteiger partial charge in [-0.1, -0.05) is 23.2 Å². The van der Waals surface area contributed by atoms with Crippen molar-refractivity contribution in [2.75, 3.05) is 44.3 Å². The Morgan fingerprint density at radius 3 is 2.50 bits per heavy atom. The van der Waals surface area contributed by atoms with Gasteiger partial charge in [0.25, 0.3) is 11.8 Å². The van der Waals surface area contributed by atoms with Crippen molar-refractivity contribution in [2.45, 2.75) is 6.10 Å². The van der Waals surface area contributed by atoms with Gasteiger partial charge in [-0.2, -0.15) is 0 Å². The minimum atomic E-state index is -1.30. The molecule has 0 unspecified atom stereocenters. The Morgan fingerprint density at radius 2 is 1.82 bits per heavy atom. The number of aromatic nitrogens is 2. The van der Waals surface area contributed by atoms with E-state index in [0.29, 0.717) is 24.3 Å². The summed E-state index contributed by atoms with van der Waals surface area (Å²) < 4.78 is 24.2. The number of amides is 2. The average Bonchev–Trinajstić information content (AvgIpc) is 2.95. The minimum absolute atomic E-state index is 0.0127. The second-order valence-corrected chi connectivity index (χ2v) is 9.51. The molecule has 1 atom stereocenters. The molecule has 204 valence electrons. The molecule has 0 saturated carbocycles. The molecule has 0 aliphatic carbocycles. The molecule has 2 radical (unpaired) electrons. The Hall–Kier alpha value is -4.05. The Kier molecular flexibility index (Phi) is 9.32. The molecule has 10 nitrogen and oxygen atoms in total. The van der Waals surface area contributed by atoms with Gasteiger partial charge in [0.05, 0.1) is 16.2 Å². The number of nitrogens with zero attached hydrogens (tertiary/aromatic N) is 4. The number of carbonyl (C=O) groups excluding carboxylic acids is 2. The number of hydrogen-bond acceptors (Lipinski definition) is 8.